The van der Waals surface area contributed by atoms with Crippen molar-refractivity contribution in [3.05, 3.63) is 0 Å². The molecule has 6 heteroatoms. The fourth-order valence-electron chi connectivity index (χ4n) is 1.41. The van der Waals surface area contributed by atoms with Gasteiger partial charge in [0.05, 0.1) is 20.6 Å². The van der Waals surface area contributed by atoms with Crippen LogP contribution < -0.4 is 5.32 Å². The zero-order chi connectivity index (χ0) is 14.1. The standard InChI is InChI=1S/C12H21NO5/c1-8(2)7-9(12(16)18-4)13-10(14)5-6-11(15)17-3/h8-9H,5-7H2,1-4H3,(H,13,14). The van der Waals surface area contributed by atoms with E-state index in [-0.39, 0.29) is 24.7 Å². The molecular formula is C12H21NO5. The van der Waals surface area contributed by atoms with Crippen LogP contribution in [0.4, 0.5) is 0 Å². The molecule has 0 saturated heterocycles. The second-order valence-electron chi connectivity index (χ2n) is 4.35. The lowest BCUT2D eigenvalue weighted by Crippen LogP contribution is -2.42. The highest BCUT2D eigenvalue weighted by atomic mass is 16.5. The Morgan fingerprint density at radius 3 is 2.11 bits per heavy atom. The van der Waals surface area contributed by atoms with Gasteiger partial charge in [0.25, 0.3) is 0 Å². The lowest BCUT2D eigenvalue weighted by molar-refractivity contribution is -0.145. The molecule has 18 heavy (non-hydrogen) atoms. The van der Waals surface area contributed by atoms with Crippen LogP contribution in [-0.2, 0) is 23.9 Å². The number of methoxy groups -OCH3 is 2. The maximum Gasteiger partial charge on any atom is 0.328 e. The van der Waals surface area contributed by atoms with E-state index in [1.54, 1.807) is 0 Å². The molecule has 0 saturated carbocycles. The van der Waals surface area contributed by atoms with E-state index < -0.39 is 18.0 Å². The molecule has 0 aromatic rings. The summed E-state index contributed by atoms with van der Waals surface area (Å²) in [7, 11) is 2.53. The summed E-state index contributed by atoms with van der Waals surface area (Å²) in [6.45, 7) is 3.88. The summed E-state index contributed by atoms with van der Waals surface area (Å²) >= 11 is 0. The summed E-state index contributed by atoms with van der Waals surface area (Å²) in [5.74, 6) is -1.05. The van der Waals surface area contributed by atoms with E-state index in [0.29, 0.717) is 6.42 Å². The summed E-state index contributed by atoms with van der Waals surface area (Å²) < 4.78 is 9.04. The first-order valence-electron chi connectivity index (χ1n) is 5.84. The molecule has 0 bridgehead atoms. The van der Waals surface area contributed by atoms with Crippen molar-refractivity contribution in [1.29, 1.82) is 0 Å². The van der Waals surface area contributed by atoms with Crippen LogP contribution in [0.5, 0.6) is 0 Å². The number of hydrogen-bond acceptors (Lipinski definition) is 5. The van der Waals surface area contributed by atoms with Gasteiger partial charge in [-0.15, -0.1) is 0 Å². The summed E-state index contributed by atoms with van der Waals surface area (Å²) in [6.07, 6.45) is 0.493. The van der Waals surface area contributed by atoms with Crippen LogP contribution in [-0.4, -0.2) is 38.1 Å². The number of carbonyl (C=O) groups is 3. The molecule has 0 heterocycles. The van der Waals surface area contributed by atoms with Crippen LogP contribution in [0.1, 0.15) is 33.1 Å². The Kier molecular flexibility index (Phi) is 7.74. The third kappa shape index (κ3) is 6.88. The maximum absolute atomic E-state index is 11.5. The van der Waals surface area contributed by atoms with E-state index >= 15 is 0 Å². The van der Waals surface area contributed by atoms with Crippen molar-refractivity contribution in [2.45, 2.75) is 39.2 Å². The minimum atomic E-state index is -0.667. The topological polar surface area (TPSA) is 81.7 Å². The Bertz CT molecular complexity index is 301. The first-order chi connectivity index (χ1) is 8.40. The predicted octanol–water partition coefficient (Wildman–Crippen LogP) is 0.643. The molecule has 0 aromatic carbocycles. The lowest BCUT2D eigenvalue weighted by Gasteiger charge is -2.18. The maximum atomic E-state index is 11.5. The van der Waals surface area contributed by atoms with E-state index in [1.807, 2.05) is 13.8 Å². The third-order valence-corrected chi connectivity index (χ3v) is 2.31. The molecule has 0 aromatic heterocycles. The largest absolute Gasteiger partial charge is 0.469 e. The van der Waals surface area contributed by atoms with E-state index in [1.165, 1.54) is 14.2 Å². The zero-order valence-electron chi connectivity index (χ0n) is 11.3. The molecule has 0 spiro atoms. The molecule has 0 rings (SSSR count). The number of carbonyl (C=O) groups excluding carboxylic acids is 3. The number of nitrogens with one attached hydrogen (secondary N) is 1. The highest BCUT2D eigenvalue weighted by molar-refractivity contribution is 5.86. The van der Waals surface area contributed by atoms with Crippen LogP contribution in [0.15, 0.2) is 0 Å². The Hall–Kier alpha value is -1.59. The molecule has 0 fully saturated rings. The fraction of sp³-hybridized carbons (Fsp3) is 0.750. The van der Waals surface area contributed by atoms with Gasteiger partial charge in [-0.05, 0) is 12.3 Å². The van der Waals surface area contributed by atoms with Gasteiger partial charge in [-0.3, -0.25) is 9.59 Å². The molecule has 0 aliphatic rings. The molecule has 0 aliphatic heterocycles. The Morgan fingerprint density at radius 2 is 1.67 bits per heavy atom. The second-order valence-corrected chi connectivity index (χ2v) is 4.35. The Morgan fingerprint density at radius 1 is 1.06 bits per heavy atom. The molecule has 6 nitrogen and oxygen atoms in total. The quantitative estimate of drug-likeness (QED) is 0.679. The van der Waals surface area contributed by atoms with Gasteiger partial charge < -0.3 is 14.8 Å². The minimum Gasteiger partial charge on any atom is -0.469 e. The molecule has 104 valence electrons. The highest BCUT2D eigenvalue weighted by Crippen LogP contribution is 2.06. The van der Waals surface area contributed by atoms with Gasteiger partial charge in [-0.2, -0.15) is 0 Å². The normalized spacial score (nSPS) is 11.8. The lowest BCUT2D eigenvalue weighted by atomic mass is 10.0. The summed E-state index contributed by atoms with van der Waals surface area (Å²) in [6, 6.07) is -0.667. The van der Waals surface area contributed by atoms with Gasteiger partial charge in [0.15, 0.2) is 0 Å². The smallest absolute Gasteiger partial charge is 0.328 e. The van der Waals surface area contributed by atoms with Crippen molar-refractivity contribution >= 4 is 17.8 Å². The number of hydrogen-bond donors (Lipinski definition) is 1. The highest BCUT2D eigenvalue weighted by Gasteiger charge is 2.22. The van der Waals surface area contributed by atoms with Gasteiger partial charge in [0, 0.05) is 6.42 Å². The van der Waals surface area contributed by atoms with Crippen LogP contribution in [0.2, 0.25) is 0 Å². The average Bonchev–Trinajstić information content (AvgIpc) is 2.33. The molecule has 1 atom stereocenters. The van der Waals surface area contributed by atoms with E-state index in [2.05, 4.69) is 14.8 Å². The molecule has 0 aliphatic carbocycles. The van der Waals surface area contributed by atoms with E-state index in [0.717, 1.165) is 0 Å². The van der Waals surface area contributed by atoms with Crippen molar-refractivity contribution in [3.8, 4) is 0 Å². The Balaban J connectivity index is 4.26. The van der Waals surface area contributed by atoms with Crippen molar-refractivity contribution in [2.24, 2.45) is 5.92 Å². The van der Waals surface area contributed by atoms with Crippen molar-refractivity contribution in [2.75, 3.05) is 14.2 Å². The third-order valence-electron chi connectivity index (χ3n) is 2.31. The zero-order valence-corrected chi connectivity index (χ0v) is 11.3. The summed E-state index contributed by atoms with van der Waals surface area (Å²) in [5.41, 5.74) is 0. The van der Waals surface area contributed by atoms with Crippen LogP contribution in [0, 0.1) is 5.92 Å². The molecule has 1 N–H and O–H groups in total. The van der Waals surface area contributed by atoms with Crippen LogP contribution in [0.25, 0.3) is 0 Å². The average molecular weight is 259 g/mol. The minimum absolute atomic E-state index is 0.00172. The van der Waals surface area contributed by atoms with Gasteiger partial charge in [0.1, 0.15) is 6.04 Å². The number of rotatable bonds is 7. The second kappa shape index (κ2) is 8.49. The van der Waals surface area contributed by atoms with Gasteiger partial charge >= 0.3 is 11.9 Å². The van der Waals surface area contributed by atoms with Crippen LogP contribution in [0.3, 0.4) is 0 Å². The first-order valence-corrected chi connectivity index (χ1v) is 5.84. The van der Waals surface area contributed by atoms with E-state index in [9.17, 15) is 14.4 Å². The molecular weight excluding hydrogens is 238 g/mol. The molecule has 1 unspecified atom stereocenters. The van der Waals surface area contributed by atoms with Gasteiger partial charge in [-0.25, -0.2) is 4.79 Å². The van der Waals surface area contributed by atoms with E-state index in [4.69, 9.17) is 0 Å². The number of ether oxygens (including phenoxy) is 2. The first kappa shape index (κ1) is 16.4. The predicted molar refractivity (Wildman–Crippen MR) is 64.7 cm³/mol. The number of esters is 2. The van der Waals surface area contributed by atoms with Crippen molar-refractivity contribution in [1.82, 2.24) is 5.32 Å². The summed E-state index contributed by atoms with van der Waals surface area (Å²) in [4.78, 5) is 33.9. The summed E-state index contributed by atoms with van der Waals surface area (Å²) in [5, 5.41) is 2.56. The number of amides is 1. The molecule has 1 amide bonds. The van der Waals surface area contributed by atoms with Crippen molar-refractivity contribution < 1.29 is 23.9 Å². The monoisotopic (exact) mass is 259 g/mol. The molecule has 0 radical (unpaired) electrons. The van der Waals surface area contributed by atoms with Crippen LogP contribution >= 0.6 is 0 Å². The fourth-order valence-corrected chi connectivity index (χ4v) is 1.41. The SMILES string of the molecule is COC(=O)CCC(=O)NC(CC(C)C)C(=O)OC. The Labute approximate surface area is 107 Å². The van der Waals surface area contributed by atoms with Gasteiger partial charge in [0.2, 0.25) is 5.91 Å². The van der Waals surface area contributed by atoms with Gasteiger partial charge in [-0.1, -0.05) is 13.8 Å². The van der Waals surface area contributed by atoms with Crippen molar-refractivity contribution in [3.63, 3.8) is 0 Å².